The van der Waals surface area contributed by atoms with Crippen molar-refractivity contribution in [2.24, 2.45) is 0 Å². The Morgan fingerprint density at radius 1 is 1.25 bits per heavy atom. The third-order valence-electron chi connectivity index (χ3n) is 3.72. The monoisotopic (exact) mass is 521 g/mol. The van der Waals surface area contributed by atoms with E-state index < -0.39 is 5.97 Å². The minimum atomic E-state index is -0.510. The fraction of sp³-hybridized carbons (Fsp3) is 0.389. The van der Waals surface area contributed by atoms with Gasteiger partial charge in [0.05, 0.1) is 22.7 Å². The maximum atomic E-state index is 12.5. The van der Waals surface area contributed by atoms with Gasteiger partial charge in [-0.05, 0) is 64.5 Å². The Morgan fingerprint density at radius 3 is 2.64 bits per heavy atom. The average molecular weight is 521 g/mol. The number of amides is 2. The van der Waals surface area contributed by atoms with Crippen molar-refractivity contribution in [3.63, 3.8) is 0 Å². The summed E-state index contributed by atoms with van der Waals surface area (Å²) in [5.41, 5.74) is 0.675. The molecule has 0 N–H and O–H groups in total. The molecule has 1 saturated heterocycles. The lowest BCUT2D eigenvalue weighted by Gasteiger charge is -2.13. The maximum Gasteiger partial charge on any atom is 0.343 e. The molecule has 1 aliphatic heterocycles. The predicted molar refractivity (Wildman–Crippen MR) is 112 cm³/mol. The standard InChI is InChI=1S/C18H20INO7S/c1-24-6-4-5-20-17(22)14(28-18(20)23)9-11-7-12(19)16(13(8-11)25-2)27-10-15(21)26-3/h7-9H,4-6,10H2,1-3H3/b14-9+. The van der Waals surface area contributed by atoms with Gasteiger partial charge in [0, 0.05) is 20.3 Å². The highest BCUT2D eigenvalue weighted by Crippen LogP contribution is 2.37. The van der Waals surface area contributed by atoms with Crippen LogP contribution in [0.25, 0.3) is 6.08 Å². The highest BCUT2D eigenvalue weighted by molar-refractivity contribution is 14.1. The van der Waals surface area contributed by atoms with Crippen molar-refractivity contribution >= 4 is 57.5 Å². The highest BCUT2D eigenvalue weighted by Gasteiger charge is 2.34. The molecule has 0 unspecified atom stereocenters. The Kier molecular flexibility index (Phi) is 8.58. The van der Waals surface area contributed by atoms with E-state index in [-0.39, 0.29) is 17.8 Å². The van der Waals surface area contributed by atoms with Crippen molar-refractivity contribution in [3.05, 3.63) is 26.2 Å². The SMILES string of the molecule is COCCCN1C(=O)S/C(=C/c2cc(I)c(OCC(=O)OC)c(OC)c2)C1=O. The molecule has 0 saturated carbocycles. The van der Waals surface area contributed by atoms with Gasteiger partial charge in [0.15, 0.2) is 18.1 Å². The summed E-state index contributed by atoms with van der Waals surface area (Å²) in [6.45, 7) is 0.544. The molecule has 0 aromatic heterocycles. The molecule has 1 fully saturated rings. The summed E-state index contributed by atoms with van der Waals surface area (Å²) in [7, 11) is 4.32. The topological polar surface area (TPSA) is 91.4 Å². The summed E-state index contributed by atoms with van der Waals surface area (Å²) < 4.78 is 21.0. The Bertz CT molecular complexity index is 796. The lowest BCUT2D eigenvalue weighted by molar-refractivity contribution is -0.143. The molecule has 1 aromatic carbocycles. The normalized spacial score (nSPS) is 15.3. The number of rotatable bonds is 9. The van der Waals surface area contributed by atoms with Gasteiger partial charge in [-0.1, -0.05) is 0 Å². The fourth-order valence-electron chi connectivity index (χ4n) is 2.36. The number of methoxy groups -OCH3 is 3. The van der Waals surface area contributed by atoms with Crippen molar-refractivity contribution in [3.8, 4) is 11.5 Å². The van der Waals surface area contributed by atoms with Crippen molar-refractivity contribution in [1.82, 2.24) is 4.90 Å². The van der Waals surface area contributed by atoms with Gasteiger partial charge in [0.25, 0.3) is 11.1 Å². The molecule has 1 aliphatic rings. The molecule has 0 atom stereocenters. The van der Waals surface area contributed by atoms with Gasteiger partial charge < -0.3 is 18.9 Å². The van der Waals surface area contributed by atoms with Gasteiger partial charge in [-0.2, -0.15) is 0 Å². The predicted octanol–water partition coefficient (Wildman–Crippen LogP) is 2.92. The molecule has 1 heterocycles. The Morgan fingerprint density at radius 2 is 2.00 bits per heavy atom. The highest BCUT2D eigenvalue weighted by atomic mass is 127. The zero-order valence-corrected chi connectivity index (χ0v) is 18.6. The van der Waals surface area contributed by atoms with Crippen LogP contribution in [-0.4, -0.2) is 63.1 Å². The molecule has 8 nitrogen and oxygen atoms in total. The molecule has 0 radical (unpaired) electrons. The van der Waals surface area contributed by atoms with E-state index in [9.17, 15) is 14.4 Å². The summed E-state index contributed by atoms with van der Waals surface area (Å²) in [6, 6.07) is 3.45. The lowest BCUT2D eigenvalue weighted by Crippen LogP contribution is -2.29. The first-order valence-corrected chi connectivity index (χ1v) is 10.1. The first kappa shape index (κ1) is 22.5. The van der Waals surface area contributed by atoms with Gasteiger partial charge in [0.2, 0.25) is 0 Å². The molecule has 28 heavy (non-hydrogen) atoms. The summed E-state index contributed by atoms with van der Waals surface area (Å²) in [5, 5.41) is -0.299. The number of thioether (sulfide) groups is 1. The van der Waals surface area contributed by atoms with Crippen LogP contribution in [0.2, 0.25) is 0 Å². The molecular weight excluding hydrogens is 501 g/mol. The first-order chi connectivity index (χ1) is 13.4. The van der Waals surface area contributed by atoms with E-state index in [0.29, 0.717) is 45.1 Å². The van der Waals surface area contributed by atoms with Crippen LogP contribution in [0.4, 0.5) is 4.79 Å². The number of carbonyl (C=O) groups is 3. The van der Waals surface area contributed by atoms with Crippen LogP contribution in [0.1, 0.15) is 12.0 Å². The van der Waals surface area contributed by atoms with Gasteiger partial charge in [0.1, 0.15) is 0 Å². The minimum absolute atomic E-state index is 0.247. The number of nitrogens with zero attached hydrogens (tertiary/aromatic N) is 1. The van der Waals surface area contributed by atoms with Crippen LogP contribution < -0.4 is 9.47 Å². The van der Waals surface area contributed by atoms with Crippen LogP contribution in [0, 0.1) is 3.57 Å². The fourth-order valence-corrected chi connectivity index (χ4v) is 4.01. The molecule has 1 aromatic rings. The number of imide groups is 1. The zero-order valence-electron chi connectivity index (χ0n) is 15.7. The largest absolute Gasteiger partial charge is 0.493 e. The third kappa shape index (κ3) is 5.61. The van der Waals surface area contributed by atoms with Crippen LogP contribution in [0.3, 0.4) is 0 Å². The van der Waals surface area contributed by atoms with E-state index in [1.807, 2.05) is 22.6 Å². The van der Waals surface area contributed by atoms with Crippen molar-refractivity contribution in [1.29, 1.82) is 0 Å². The average Bonchev–Trinajstić information content (AvgIpc) is 2.93. The summed E-state index contributed by atoms with van der Waals surface area (Å²) >= 11 is 2.94. The Labute approximate surface area is 180 Å². The number of carbonyl (C=O) groups excluding carboxylic acids is 3. The molecule has 0 aliphatic carbocycles. The van der Waals surface area contributed by atoms with E-state index in [0.717, 1.165) is 11.8 Å². The lowest BCUT2D eigenvalue weighted by atomic mass is 10.2. The summed E-state index contributed by atoms with van der Waals surface area (Å²) in [4.78, 5) is 37.4. The van der Waals surface area contributed by atoms with Gasteiger partial charge in [-0.3, -0.25) is 14.5 Å². The van der Waals surface area contributed by atoms with E-state index in [2.05, 4.69) is 4.74 Å². The second kappa shape index (κ2) is 10.7. The van der Waals surface area contributed by atoms with Crippen LogP contribution in [0.15, 0.2) is 17.0 Å². The van der Waals surface area contributed by atoms with Gasteiger partial charge in [-0.25, -0.2) is 4.79 Å². The van der Waals surface area contributed by atoms with Gasteiger partial charge >= 0.3 is 5.97 Å². The number of esters is 1. The smallest absolute Gasteiger partial charge is 0.343 e. The summed E-state index contributed by atoms with van der Waals surface area (Å²) in [5.74, 6) is -0.0325. The molecule has 10 heteroatoms. The molecular formula is C18H20INO7S. The molecule has 152 valence electrons. The zero-order chi connectivity index (χ0) is 20.7. The van der Waals surface area contributed by atoms with Crippen LogP contribution in [-0.2, 0) is 19.1 Å². The molecule has 0 bridgehead atoms. The van der Waals surface area contributed by atoms with E-state index in [1.165, 1.54) is 19.1 Å². The number of hydrogen-bond acceptors (Lipinski definition) is 8. The van der Waals surface area contributed by atoms with E-state index in [4.69, 9.17) is 14.2 Å². The number of hydrogen-bond donors (Lipinski definition) is 0. The molecule has 2 rings (SSSR count). The van der Waals surface area contributed by atoms with Crippen LogP contribution >= 0.6 is 34.4 Å². The van der Waals surface area contributed by atoms with Crippen molar-refractivity contribution < 1.29 is 33.3 Å². The molecule has 0 spiro atoms. The Balaban J connectivity index is 2.21. The van der Waals surface area contributed by atoms with E-state index >= 15 is 0 Å². The van der Waals surface area contributed by atoms with Crippen LogP contribution in [0.5, 0.6) is 11.5 Å². The van der Waals surface area contributed by atoms with E-state index in [1.54, 1.807) is 25.3 Å². The minimum Gasteiger partial charge on any atom is -0.493 e. The third-order valence-corrected chi connectivity index (χ3v) is 5.42. The summed E-state index contributed by atoms with van der Waals surface area (Å²) in [6.07, 6.45) is 2.22. The number of halogens is 1. The van der Waals surface area contributed by atoms with Crippen molar-refractivity contribution in [2.45, 2.75) is 6.42 Å². The van der Waals surface area contributed by atoms with Gasteiger partial charge in [-0.15, -0.1) is 0 Å². The number of benzene rings is 1. The second-order valence-electron chi connectivity index (χ2n) is 5.58. The van der Waals surface area contributed by atoms with Crippen molar-refractivity contribution in [2.75, 3.05) is 41.1 Å². The second-order valence-corrected chi connectivity index (χ2v) is 7.73. The maximum absolute atomic E-state index is 12.5. The molecule has 2 amide bonds. The number of ether oxygens (including phenoxy) is 4. The Hall–Kier alpha value is -1.79. The first-order valence-electron chi connectivity index (χ1n) is 8.22. The quantitative estimate of drug-likeness (QED) is 0.212.